The standard InChI is InChI=1S/C15H26N4O2/c1-4-21-15-10-14(17-12(2)18-15)19(8-9-20-3)11-13-6-5-7-16-13/h10,13,16H,4-9,11H2,1-3H3. The number of aromatic nitrogens is 2. The first kappa shape index (κ1) is 16.0. The van der Waals surface area contributed by atoms with Crippen LogP contribution in [-0.4, -0.2) is 56.0 Å². The molecular formula is C15H26N4O2. The van der Waals surface area contributed by atoms with Crippen molar-refractivity contribution in [1.29, 1.82) is 0 Å². The van der Waals surface area contributed by atoms with Gasteiger partial charge in [0.15, 0.2) is 0 Å². The monoisotopic (exact) mass is 294 g/mol. The molecule has 1 N–H and O–H groups in total. The van der Waals surface area contributed by atoms with E-state index in [1.54, 1.807) is 7.11 Å². The Bertz CT molecular complexity index is 436. The molecule has 1 saturated heterocycles. The minimum Gasteiger partial charge on any atom is -0.478 e. The molecule has 0 radical (unpaired) electrons. The zero-order valence-electron chi connectivity index (χ0n) is 13.3. The summed E-state index contributed by atoms with van der Waals surface area (Å²) in [6.07, 6.45) is 2.46. The lowest BCUT2D eigenvalue weighted by Crippen LogP contribution is -2.39. The van der Waals surface area contributed by atoms with Crippen molar-refractivity contribution < 1.29 is 9.47 Å². The average molecular weight is 294 g/mol. The first-order valence-corrected chi connectivity index (χ1v) is 7.68. The number of nitrogens with zero attached hydrogens (tertiary/aromatic N) is 3. The maximum absolute atomic E-state index is 5.53. The van der Waals surface area contributed by atoms with Gasteiger partial charge in [-0.25, -0.2) is 4.98 Å². The number of nitrogens with one attached hydrogen (secondary N) is 1. The van der Waals surface area contributed by atoms with Crippen molar-refractivity contribution in [3.05, 3.63) is 11.9 Å². The van der Waals surface area contributed by atoms with E-state index in [-0.39, 0.29) is 0 Å². The molecule has 0 aliphatic carbocycles. The van der Waals surface area contributed by atoms with Crippen molar-refractivity contribution in [2.75, 3.05) is 44.9 Å². The van der Waals surface area contributed by atoms with Gasteiger partial charge in [-0.05, 0) is 33.2 Å². The number of aryl methyl sites for hydroxylation is 1. The van der Waals surface area contributed by atoms with Crippen LogP contribution in [-0.2, 0) is 4.74 Å². The Morgan fingerprint density at radius 2 is 2.29 bits per heavy atom. The molecule has 0 amide bonds. The van der Waals surface area contributed by atoms with Gasteiger partial charge in [-0.2, -0.15) is 4.98 Å². The molecule has 1 aromatic heterocycles. The minimum atomic E-state index is 0.521. The van der Waals surface area contributed by atoms with E-state index in [1.807, 2.05) is 19.9 Å². The molecule has 1 aromatic rings. The number of hydrogen-bond donors (Lipinski definition) is 1. The zero-order chi connectivity index (χ0) is 15.1. The molecule has 6 nitrogen and oxygen atoms in total. The Morgan fingerprint density at radius 3 is 2.95 bits per heavy atom. The van der Waals surface area contributed by atoms with E-state index < -0.39 is 0 Å². The first-order chi connectivity index (χ1) is 10.2. The lowest BCUT2D eigenvalue weighted by molar-refractivity contribution is 0.204. The molecule has 1 atom stereocenters. The van der Waals surface area contributed by atoms with Crippen LogP contribution in [0.15, 0.2) is 6.07 Å². The van der Waals surface area contributed by atoms with Gasteiger partial charge in [0.25, 0.3) is 0 Å². The average Bonchev–Trinajstić information content (AvgIpc) is 2.96. The highest BCUT2D eigenvalue weighted by Crippen LogP contribution is 2.19. The molecule has 0 spiro atoms. The fourth-order valence-corrected chi connectivity index (χ4v) is 2.59. The summed E-state index contributed by atoms with van der Waals surface area (Å²) < 4.78 is 10.8. The van der Waals surface area contributed by atoms with Crippen molar-refractivity contribution in [3.8, 4) is 5.88 Å². The maximum Gasteiger partial charge on any atom is 0.218 e. The largest absolute Gasteiger partial charge is 0.478 e. The molecular weight excluding hydrogens is 268 g/mol. The van der Waals surface area contributed by atoms with E-state index >= 15 is 0 Å². The molecule has 118 valence electrons. The third-order valence-electron chi connectivity index (χ3n) is 3.59. The number of rotatable bonds is 8. The zero-order valence-corrected chi connectivity index (χ0v) is 13.3. The molecule has 0 aromatic carbocycles. The van der Waals surface area contributed by atoms with Gasteiger partial charge in [0.1, 0.15) is 11.6 Å². The third-order valence-corrected chi connectivity index (χ3v) is 3.59. The van der Waals surface area contributed by atoms with E-state index in [0.29, 0.717) is 25.1 Å². The summed E-state index contributed by atoms with van der Waals surface area (Å²) in [6, 6.07) is 2.44. The first-order valence-electron chi connectivity index (χ1n) is 7.68. The molecule has 2 rings (SSSR count). The fourth-order valence-electron chi connectivity index (χ4n) is 2.59. The molecule has 2 heterocycles. The summed E-state index contributed by atoms with van der Waals surface area (Å²) in [6.45, 7) is 8.01. The van der Waals surface area contributed by atoms with E-state index in [2.05, 4.69) is 20.2 Å². The van der Waals surface area contributed by atoms with Gasteiger partial charge in [-0.1, -0.05) is 0 Å². The summed E-state index contributed by atoms with van der Waals surface area (Å²) in [5.74, 6) is 2.29. The Labute approximate surface area is 126 Å². The van der Waals surface area contributed by atoms with Crippen LogP contribution in [0.4, 0.5) is 5.82 Å². The van der Waals surface area contributed by atoms with Crippen LogP contribution < -0.4 is 15.0 Å². The van der Waals surface area contributed by atoms with Crippen molar-refractivity contribution >= 4 is 5.82 Å². The molecule has 1 fully saturated rings. The van der Waals surface area contributed by atoms with E-state index in [4.69, 9.17) is 9.47 Å². The van der Waals surface area contributed by atoms with Crippen LogP contribution in [0, 0.1) is 6.92 Å². The van der Waals surface area contributed by atoms with Gasteiger partial charge in [-0.3, -0.25) is 0 Å². The highest BCUT2D eigenvalue weighted by atomic mass is 16.5. The number of hydrogen-bond acceptors (Lipinski definition) is 6. The van der Waals surface area contributed by atoms with E-state index in [0.717, 1.165) is 31.3 Å². The van der Waals surface area contributed by atoms with Crippen molar-refractivity contribution in [2.45, 2.75) is 32.7 Å². The smallest absolute Gasteiger partial charge is 0.218 e. The SMILES string of the molecule is CCOc1cc(N(CCOC)CC2CCCN2)nc(C)n1. The third kappa shape index (κ3) is 4.82. The molecule has 1 aliphatic heterocycles. The Kier molecular flexibility index (Phi) is 6.20. The van der Waals surface area contributed by atoms with Crippen molar-refractivity contribution in [2.24, 2.45) is 0 Å². The van der Waals surface area contributed by atoms with Crippen molar-refractivity contribution in [1.82, 2.24) is 15.3 Å². The van der Waals surface area contributed by atoms with Crippen LogP contribution in [0.5, 0.6) is 5.88 Å². The summed E-state index contributed by atoms with van der Waals surface area (Å²) in [5, 5.41) is 3.53. The summed E-state index contributed by atoms with van der Waals surface area (Å²) in [7, 11) is 1.73. The Hall–Kier alpha value is -1.40. The molecule has 21 heavy (non-hydrogen) atoms. The van der Waals surface area contributed by atoms with Crippen LogP contribution in [0.3, 0.4) is 0 Å². The highest BCUT2D eigenvalue weighted by Gasteiger charge is 2.19. The number of methoxy groups -OCH3 is 1. The normalized spacial score (nSPS) is 18.0. The van der Waals surface area contributed by atoms with Crippen LogP contribution >= 0.6 is 0 Å². The second-order valence-corrected chi connectivity index (χ2v) is 5.28. The second-order valence-electron chi connectivity index (χ2n) is 5.28. The lowest BCUT2D eigenvalue weighted by Gasteiger charge is -2.27. The molecule has 0 bridgehead atoms. The van der Waals surface area contributed by atoms with Crippen LogP contribution in [0.25, 0.3) is 0 Å². The Morgan fingerprint density at radius 1 is 1.43 bits per heavy atom. The molecule has 1 aliphatic rings. The van der Waals surface area contributed by atoms with Gasteiger partial charge in [0, 0.05) is 32.3 Å². The van der Waals surface area contributed by atoms with Crippen LogP contribution in [0.2, 0.25) is 0 Å². The van der Waals surface area contributed by atoms with Gasteiger partial charge in [-0.15, -0.1) is 0 Å². The summed E-state index contributed by atoms with van der Waals surface area (Å²) >= 11 is 0. The van der Waals surface area contributed by atoms with Crippen molar-refractivity contribution in [3.63, 3.8) is 0 Å². The topological polar surface area (TPSA) is 59.5 Å². The predicted molar refractivity (Wildman–Crippen MR) is 83.1 cm³/mol. The highest BCUT2D eigenvalue weighted by molar-refractivity contribution is 5.42. The predicted octanol–water partition coefficient (Wildman–Crippen LogP) is 1.39. The van der Waals surface area contributed by atoms with Crippen LogP contribution in [0.1, 0.15) is 25.6 Å². The summed E-state index contributed by atoms with van der Waals surface area (Å²) in [4.78, 5) is 11.1. The van der Waals surface area contributed by atoms with Gasteiger partial charge >= 0.3 is 0 Å². The minimum absolute atomic E-state index is 0.521. The quantitative estimate of drug-likeness (QED) is 0.782. The second kappa shape index (κ2) is 8.14. The van der Waals surface area contributed by atoms with E-state index in [1.165, 1.54) is 12.8 Å². The van der Waals surface area contributed by atoms with Gasteiger partial charge in [0.05, 0.1) is 13.2 Å². The van der Waals surface area contributed by atoms with Gasteiger partial charge < -0.3 is 19.7 Å². The molecule has 0 saturated carbocycles. The Balaban J connectivity index is 2.13. The number of anilines is 1. The molecule has 6 heteroatoms. The van der Waals surface area contributed by atoms with Gasteiger partial charge in [0.2, 0.25) is 5.88 Å². The molecule has 1 unspecified atom stereocenters. The van der Waals surface area contributed by atoms with E-state index in [9.17, 15) is 0 Å². The number of ether oxygens (including phenoxy) is 2. The lowest BCUT2D eigenvalue weighted by atomic mass is 10.2. The fraction of sp³-hybridized carbons (Fsp3) is 0.733. The maximum atomic E-state index is 5.53. The summed E-state index contributed by atoms with van der Waals surface area (Å²) in [5.41, 5.74) is 0.